The lowest BCUT2D eigenvalue weighted by molar-refractivity contribution is -0.141. The minimum atomic E-state index is -0.760. The van der Waals surface area contributed by atoms with Crippen LogP contribution in [0.1, 0.15) is 146 Å². The van der Waals surface area contributed by atoms with Crippen molar-refractivity contribution in [2.45, 2.75) is 142 Å². The van der Waals surface area contributed by atoms with Crippen molar-refractivity contribution in [3.05, 3.63) is 60.2 Å². The van der Waals surface area contributed by atoms with Crippen LogP contribution >= 0.6 is 0 Å². The molecule has 6 atom stereocenters. The van der Waals surface area contributed by atoms with Crippen molar-refractivity contribution in [3.63, 3.8) is 0 Å². The molecule has 10 heteroatoms. The van der Waals surface area contributed by atoms with Gasteiger partial charge < -0.3 is 10.6 Å². The van der Waals surface area contributed by atoms with Gasteiger partial charge in [0.1, 0.15) is 11.5 Å². The SMILES string of the molecule is CCCC(CC(=O)[C@@H]1C[C@H](c2ccccc2)CC[C@@H]1NC(=O)C(CC(=O)[C@@H](NC(=O)c1cnccn1)C1CCCCC1)C(C)(C)C)C(=O)C(=O)CC1CC1. The third-order valence-electron chi connectivity index (χ3n) is 12.1. The van der Waals surface area contributed by atoms with E-state index in [9.17, 15) is 28.8 Å². The van der Waals surface area contributed by atoms with Crippen LogP contribution in [-0.4, -0.2) is 57.0 Å². The molecule has 5 rings (SSSR count). The molecule has 0 aliphatic heterocycles. The molecule has 0 saturated heterocycles. The third kappa shape index (κ3) is 11.2. The van der Waals surface area contributed by atoms with Gasteiger partial charge in [-0.1, -0.05) is 83.7 Å². The van der Waals surface area contributed by atoms with Crippen LogP contribution in [0.2, 0.25) is 0 Å². The summed E-state index contributed by atoms with van der Waals surface area (Å²) in [6, 6.07) is 8.84. The fraction of sp³-hybridized carbons (Fsp3) is 0.636. The fourth-order valence-corrected chi connectivity index (χ4v) is 8.67. The van der Waals surface area contributed by atoms with Gasteiger partial charge in [0.05, 0.1) is 12.2 Å². The maximum absolute atomic E-state index is 14.4. The lowest BCUT2D eigenvalue weighted by Gasteiger charge is -2.39. The highest BCUT2D eigenvalue weighted by atomic mass is 16.2. The molecule has 3 saturated carbocycles. The Bertz CT molecular complexity index is 1610. The quantitative estimate of drug-likeness (QED) is 0.153. The smallest absolute Gasteiger partial charge is 0.272 e. The molecule has 1 aromatic heterocycles. The van der Waals surface area contributed by atoms with Gasteiger partial charge in [-0.25, -0.2) is 4.98 Å². The highest BCUT2D eigenvalue weighted by Crippen LogP contribution is 2.40. The predicted molar refractivity (Wildman–Crippen MR) is 206 cm³/mol. The summed E-state index contributed by atoms with van der Waals surface area (Å²) in [4.78, 5) is 90.6. The zero-order valence-electron chi connectivity index (χ0n) is 32.7. The van der Waals surface area contributed by atoms with Crippen molar-refractivity contribution in [1.29, 1.82) is 0 Å². The van der Waals surface area contributed by atoms with Crippen LogP contribution in [0.15, 0.2) is 48.9 Å². The van der Waals surface area contributed by atoms with Gasteiger partial charge in [-0.3, -0.25) is 33.8 Å². The van der Waals surface area contributed by atoms with Crippen LogP contribution in [0.4, 0.5) is 0 Å². The first-order chi connectivity index (χ1) is 25.8. The molecule has 0 bridgehead atoms. The Hall–Kier alpha value is -4.08. The number of hydrogen-bond acceptors (Lipinski definition) is 8. The Labute approximate surface area is 320 Å². The molecule has 2 N–H and O–H groups in total. The van der Waals surface area contributed by atoms with Crippen molar-refractivity contribution >= 4 is 34.9 Å². The van der Waals surface area contributed by atoms with Crippen molar-refractivity contribution < 1.29 is 28.8 Å². The number of aromatic nitrogens is 2. The summed E-state index contributed by atoms with van der Waals surface area (Å²) in [6.45, 7) is 7.77. The van der Waals surface area contributed by atoms with Crippen LogP contribution in [0.25, 0.3) is 0 Å². The van der Waals surface area contributed by atoms with Gasteiger partial charge in [-0.15, -0.1) is 0 Å². The summed E-state index contributed by atoms with van der Waals surface area (Å²) in [5, 5.41) is 6.20. The Morgan fingerprint density at radius 2 is 1.59 bits per heavy atom. The molecule has 292 valence electrons. The summed E-state index contributed by atoms with van der Waals surface area (Å²) >= 11 is 0. The maximum Gasteiger partial charge on any atom is 0.272 e. The molecule has 10 nitrogen and oxygen atoms in total. The zero-order chi connectivity index (χ0) is 38.8. The Kier molecular flexibility index (Phi) is 14.4. The van der Waals surface area contributed by atoms with E-state index in [4.69, 9.17) is 0 Å². The first-order valence-corrected chi connectivity index (χ1v) is 20.4. The fourth-order valence-electron chi connectivity index (χ4n) is 8.67. The molecule has 0 spiro atoms. The van der Waals surface area contributed by atoms with Gasteiger partial charge in [0.25, 0.3) is 5.91 Å². The number of nitrogens with zero attached hydrogens (tertiary/aromatic N) is 2. The molecule has 3 aliphatic carbocycles. The number of nitrogens with one attached hydrogen (secondary N) is 2. The normalized spacial score (nSPS) is 22.3. The van der Waals surface area contributed by atoms with Gasteiger partial charge in [0.15, 0.2) is 11.6 Å². The van der Waals surface area contributed by atoms with E-state index in [1.54, 1.807) is 0 Å². The Morgan fingerprint density at radius 3 is 2.22 bits per heavy atom. The number of amides is 2. The number of benzene rings is 1. The molecule has 2 aromatic rings. The second-order valence-electron chi connectivity index (χ2n) is 17.3. The van der Waals surface area contributed by atoms with Gasteiger partial charge >= 0.3 is 0 Å². The van der Waals surface area contributed by atoms with E-state index >= 15 is 0 Å². The second-order valence-corrected chi connectivity index (χ2v) is 17.3. The average Bonchev–Trinajstić information content (AvgIpc) is 4.00. The van der Waals surface area contributed by atoms with E-state index in [-0.39, 0.29) is 60.0 Å². The lowest BCUT2D eigenvalue weighted by Crippen LogP contribution is -2.52. The van der Waals surface area contributed by atoms with E-state index < -0.39 is 46.9 Å². The van der Waals surface area contributed by atoms with Gasteiger partial charge in [-0.05, 0) is 80.1 Å². The predicted octanol–water partition coefficient (Wildman–Crippen LogP) is 7.16. The van der Waals surface area contributed by atoms with Crippen molar-refractivity contribution in [1.82, 2.24) is 20.6 Å². The standard InChI is InChI=1S/C44H60N4O6/c1-5-12-32(41(52)39(51)23-28-17-18-28)25-37(49)33-24-31(29-13-8-6-9-14-29)19-20-35(33)47-42(53)34(44(2,3)4)26-38(50)40(30-15-10-7-11-16-30)48-43(54)36-27-45-21-22-46-36/h6,8-9,13-14,21-22,27-28,30-35,40H,5,7,10-12,15-20,23-26H2,1-4H3,(H,47,53)(H,48,54)/t31-,32?,33-,34?,35+,40+/m1/s1. The lowest BCUT2D eigenvalue weighted by atomic mass is 9.71. The number of ketones is 4. The monoisotopic (exact) mass is 740 g/mol. The van der Waals surface area contributed by atoms with Crippen LogP contribution in [-0.2, 0) is 24.0 Å². The van der Waals surface area contributed by atoms with Crippen LogP contribution in [0.5, 0.6) is 0 Å². The summed E-state index contributed by atoms with van der Waals surface area (Å²) in [7, 11) is 0. The molecule has 54 heavy (non-hydrogen) atoms. The molecule has 0 radical (unpaired) electrons. The Balaban J connectivity index is 1.34. The van der Waals surface area contributed by atoms with Gasteiger partial charge in [0, 0.05) is 55.5 Å². The van der Waals surface area contributed by atoms with Crippen molar-refractivity contribution in [2.75, 3.05) is 0 Å². The number of carbonyl (C=O) groups is 6. The molecule has 1 aromatic carbocycles. The zero-order valence-corrected chi connectivity index (χ0v) is 32.7. The summed E-state index contributed by atoms with van der Waals surface area (Å²) < 4.78 is 0. The summed E-state index contributed by atoms with van der Waals surface area (Å²) in [6.07, 6.45) is 14.1. The van der Waals surface area contributed by atoms with Gasteiger partial charge in [0.2, 0.25) is 11.7 Å². The summed E-state index contributed by atoms with van der Waals surface area (Å²) in [5.74, 6) is -3.40. The number of carbonyl (C=O) groups excluding carboxylic acids is 6. The van der Waals surface area contributed by atoms with Crippen LogP contribution < -0.4 is 10.6 Å². The molecule has 2 amide bonds. The Morgan fingerprint density at radius 1 is 0.870 bits per heavy atom. The highest BCUT2D eigenvalue weighted by Gasteiger charge is 2.43. The molecule has 3 fully saturated rings. The number of hydrogen-bond donors (Lipinski definition) is 2. The van der Waals surface area contributed by atoms with E-state index in [2.05, 4.69) is 32.7 Å². The second kappa shape index (κ2) is 19.0. The number of rotatable bonds is 18. The highest BCUT2D eigenvalue weighted by molar-refractivity contribution is 6.38. The minimum Gasteiger partial charge on any atom is -0.352 e. The molecular weight excluding hydrogens is 681 g/mol. The first kappa shape index (κ1) is 41.1. The largest absolute Gasteiger partial charge is 0.352 e. The number of Topliss-reactive ketones (excluding diaryl/α,β-unsaturated/α-hetero) is 4. The van der Waals surface area contributed by atoms with E-state index in [1.165, 1.54) is 18.6 Å². The van der Waals surface area contributed by atoms with E-state index in [1.807, 2.05) is 45.9 Å². The minimum absolute atomic E-state index is 0.0165. The molecule has 3 aliphatic rings. The van der Waals surface area contributed by atoms with Crippen LogP contribution in [0, 0.1) is 35.0 Å². The average molecular weight is 741 g/mol. The molecule has 2 unspecified atom stereocenters. The topological polar surface area (TPSA) is 152 Å². The molecular formula is C44H60N4O6. The maximum atomic E-state index is 14.4. The van der Waals surface area contributed by atoms with Crippen molar-refractivity contribution in [3.8, 4) is 0 Å². The summed E-state index contributed by atoms with van der Waals surface area (Å²) in [5.41, 5.74) is 0.664. The van der Waals surface area contributed by atoms with E-state index in [0.29, 0.717) is 31.6 Å². The van der Waals surface area contributed by atoms with Crippen molar-refractivity contribution in [2.24, 2.45) is 35.0 Å². The molecule has 1 heterocycles. The third-order valence-corrected chi connectivity index (χ3v) is 12.1. The van der Waals surface area contributed by atoms with E-state index in [0.717, 1.165) is 56.9 Å². The van der Waals surface area contributed by atoms with Crippen LogP contribution in [0.3, 0.4) is 0 Å². The van der Waals surface area contributed by atoms with Gasteiger partial charge in [-0.2, -0.15) is 0 Å². The first-order valence-electron chi connectivity index (χ1n) is 20.4.